The summed E-state index contributed by atoms with van der Waals surface area (Å²) in [6.07, 6.45) is 4.16. The number of halogens is 2. The summed E-state index contributed by atoms with van der Waals surface area (Å²) in [4.78, 5) is 19.1. The van der Waals surface area contributed by atoms with Gasteiger partial charge in [0.15, 0.2) is 5.65 Å². The van der Waals surface area contributed by atoms with E-state index in [4.69, 9.17) is 28.2 Å². The van der Waals surface area contributed by atoms with Crippen LogP contribution in [0, 0.1) is 0 Å². The smallest absolute Gasteiger partial charge is 0.230 e. The Kier molecular flexibility index (Phi) is 5.15. The number of aromatic amines is 1. The van der Waals surface area contributed by atoms with E-state index in [9.17, 15) is 5.11 Å². The average molecular weight is 475 g/mol. The number of aromatic nitrogens is 6. The maximum Gasteiger partial charge on any atom is 0.230 e. The monoisotopic (exact) mass is 474 g/mol. The van der Waals surface area contributed by atoms with Crippen LogP contribution < -0.4 is 10.2 Å². The Morgan fingerprint density at radius 1 is 1.22 bits per heavy atom. The van der Waals surface area contributed by atoms with Gasteiger partial charge in [0, 0.05) is 19.2 Å². The van der Waals surface area contributed by atoms with Gasteiger partial charge in [-0.3, -0.25) is 0 Å². The Morgan fingerprint density at radius 2 is 1.97 bits per heavy atom. The van der Waals surface area contributed by atoms with Crippen LogP contribution in [0.2, 0.25) is 10.0 Å². The SMILES string of the molecule is CN(CC(C)(C)O)c1nc(NCc2nc3cc(Cl)c(Cl)cc3[nH]2)n2ncc(C3CC3)c2n1. The molecule has 4 aromatic rings. The van der Waals surface area contributed by atoms with E-state index in [1.165, 1.54) is 0 Å². The summed E-state index contributed by atoms with van der Waals surface area (Å²) in [5, 5.41) is 19.0. The number of rotatable bonds is 7. The lowest BCUT2D eigenvalue weighted by atomic mass is 10.1. The maximum atomic E-state index is 10.2. The first kappa shape index (κ1) is 21.2. The Labute approximate surface area is 194 Å². The van der Waals surface area contributed by atoms with Gasteiger partial charge in [0.05, 0.1) is 39.4 Å². The highest BCUT2D eigenvalue weighted by Crippen LogP contribution is 2.42. The van der Waals surface area contributed by atoms with Gasteiger partial charge in [0.2, 0.25) is 11.9 Å². The number of fused-ring (bicyclic) bond motifs is 2. The fourth-order valence-corrected chi connectivity index (χ4v) is 4.13. The number of H-pyrrole nitrogens is 1. The molecule has 1 aromatic carbocycles. The first-order valence-electron chi connectivity index (χ1n) is 10.4. The molecule has 1 fully saturated rings. The summed E-state index contributed by atoms with van der Waals surface area (Å²) >= 11 is 12.2. The van der Waals surface area contributed by atoms with Crippen LogP contribution in [0.4, 0.5) is 11.9 Å². The van der Waals surface area contributed by atoms with Gasteiger partial charge in [0.25, 0.3) is 0 Å². The van der Waals surface area contributed by atoms with Crippen molar-refractivity contribution >= 4 is 51.8 Å². The summed E-state index contributed by atoms with van der Waals surface area (Å²) in [5.41, 5.74) is 2.58. The van der Waals surface area contributed by atoms with E-state index in [1.807, 2.05) is 18.1 Å². The quantitative estimate of drug-likeness (QED) is 0.371. The lowest BCUT2D eigenvalue weighted by molar-refractivity contribution is 0.0883. The number of likely N-dealkylation sites (N-methyl/N-ethyl adjacent to an activating group) is 1. The number of aliphatic hydroxyl groups is 1. The molecule has 0 unspecified atom stereocenters. The summed E-state index contributed by atoms with van der Waals surface area (Å²) in [6, 6.07) is 3.50. The molecule has 0 amide bonds. The zero-order valence-electron chi connectivity index (χ0n) is 18.0. The first-order chi connectivity index (χ1) is 15.2. The van der Waals surface area contributed by atoms with Crippen molar-refractivity contribution in [2.75, 3.05) is 23.8 Å². The number of nitrogens with one attached hydrogen (secondary N) is 2. The average Bonchev–Trinajstić information content (AvgIpc) is 3.34. The third-order valence-corrected chi connectivity index (χ3v) is 6.08. The molecular weight excluding hydrogens is 451 g/mol. The fourth-order valence-electron chi connectivity index (χ4n) is 3.81. The van der Waals surface area contributed by atoms with Crippen molar-refractivity contribution in [3.63, 3.8) is 0 Å². The zero-order valence-corrected chi connectivity index (χ0v) is 19.5. The van der Waals surface area contributed by atoms with Crippen molar-refractivity contribution in [1.29, 1.82) is 0 Å². The molecule has 5 rings (SSSR count). The topological polar surface area (TPSA) is 107 Å². The van der Waals surface area contributed by atoms with Crippen molar-refractivity contribution in [1.82, 2.24) is 29.5 Å². The van der Waals surface area contributed by atoms with Crippen molar-refractivity contribution in [2.24, 2.45) is 0 Å². The Bertz CT molecular complexity index is 1270. The highest BCUT2D eigenvalue weighted by Gasteiger charge is 2.29. The van der Waals surface area contributed by atoms with Crippen LogP contribution in [0.15, 0.2) is 18.3 Å². The molecular formula is C21H24Cl2N8O. The molecule has 11 heteroatoms. The van der Waals surface area contributed by atoms with Gasteiger partial charge in [-0.25, -0.2) is 4.98 Å². The zero-order chi connectivity index (χ0) is 22.6. The number of nitrogens with zero attached hydrogens (tertiary/aromatic N) is 6. The van der Waals surface area contributed by atoms with Crippen LogP contribution in [0.25, 0.3) is 16.7 Å². The summed E-state index contributed by atoms with van der Waals surface area (Å²) in [6.45, 7) is 4.30. The molecule has 1 aliphatic rings. The van der Waals surface area contributed by atoms with E-state index in [1.54, 1.807) is 30.5 Å². The molecule has 1 aliphatic carbocycles. The number of benzene rings is 1. The van der Waals surface area contributed by atoms with E-state index in [0.717, 1.165) is 35.1 Å². The minimum absolute atomic E-state index is 0.389. The van der Waals surface area contributed by atoms with Gasteiger partial charge in [-0.1, -0.05) is 23.2 Å². The van der Waals surface area contributed by atoms with E-state index in [-0.39, 0.29) is 0 Å². The number of hydrogen-bond donors (Lipinski definition) is 3. The molecule has 3 aromatic heterocycles. The predicted molar refractivity (Wildman–Crippen MR) is 126 cm³/mol. The molecule has 0 aliphatic heterocycles. The lowest BCUT2D eigenvalue weighted by Crippen LogP contribution is -2.37. The van der Waals surface area contributed by atoms with Crippen molar-refractivity contribution in [2.45, 2.75) is 44.8 Å². The molecule has 0 radical (unpaired) electrons. The third kappa shape index (κ3) is 4.20. The Morgan fingerprint density at radius 3 is 2.69 bits per heavy atom. The van der Waals surface area contributed by atoms with E-state index >= 15 is 0 Å². The van der Waals surface area contributed by atoms with Crippen LogP contribution in [-0.4, -0.2) is 53.9 Å². The van der Waals surface area contributed by atoms with Crippen LogP contribution in [0.3, 0.4) is 0 Å². The summed E-state index contributed by atoms with van der Waals surface area (Å²) in [7, 11) is 1.87. The van der Waals surface area contributed by atoms with Gasteiger partial charge >= 0.3 is 0 Å². The summed E-state index contributed by atoms with van der Waals surface area (Å²) < 4.78 is 1.73. The van der Waals surface area contributed by atoms with Crippen molar-refractivity contribution in [3.8, 4) is 0 Å². The molecule has 9 nitrogen and oxygen atoms in total. The maximum absolute atomic E-state index is 10.2. The highest BCUT2D eigenvalue weighted by atomic mass is 35.5. The second kappa shape index (κ2) is 7.75. The molecule has 0 atom stereocenters. The van der Waals surface area contributed by atoms with Crippen molar-refractivity contribution in [3.05, 3.63) is 39.8 Å². The van der Waals surface area contributed by atoms with Crippen LogP contribution in [-0.2, 0) is 6.54 Å². The van der Waals surface area contributed by atoms with E-state index in [0.29, 0.717) is 46.8 Å². The Hall–Kier alpha value is -2.62. The molecule has 0 saturated heterocycles. The molecule has 0 bridgehead atoms. The number of imidazole rings is 1. The molecule has 3 heterocycles. The van der Waals surface area contributed by atoms with Gasteiger partial charge in [-0.15, -0.1) is 0 Å². The second-order valence-corrected chi connectivity index (χ2v) is 9.76. The number of hydrogen-bond acceptors (Lipinski definition) is 7. The standard InChI is InChI=1S/C21H24Cl2N8O/c1-21(2,32)10-30(3)20-28-18-12(11-4-5-11)8-25-31(18)19(29-20)24-9-17-26-15-6-13(22)14(23)7-16(15)27-17/h6-8,11,32H,4-5,9-10H2,1-3H3,(H,26,27)(H,24,28,29). The largest absolute Gasteiger partial charge is 0.389 e. The molecule has 168 valence electrons. The minimum atomic E-state index is -0.881. The minimum Gasteiger partial charge on any atom is -0.389 e. The van der Waals surface area contributed by atoms with Crippen LogP contribution in [0.5, 0.6) is 0 Å². The van der Waals surface area contributed by atoms with Gasteiger partial charge < -0.3 is 20.3 Å². The molecule has 1 saturated carbocycles. The molecule has 3 N–H and O–H groups in total. The van der Waals surface area contributed by atoms with Crippen LogP contribution in [0.1, 0.15) is 44.0 Å². The summed E-state index contributed by atoms with van der Waals surface area (Å²) in [5.74, 6) is 2.28. The third-order valence-electron chi connectivity index (χ3n) is 5.35. The van der Waals surface area contributed by atoms with Crippen LogP contribution >= 0.6 is 23.2 Å². The van der Waals surface area contributed by atoms with Gasteiger partial charge in [-0.05, 0) is 44.7 Å². The molecule has 32 heavy (non-hydrogen) atoms. The fraction of sp³-hybridized carbons (Fsp3) is 0.429. The lowest BCUT2D eigenvalue weighted by Gasteiger charge is -2.25. The van der Waals surface area contributed by atoms with Gasteiger partial charge in [0.1, 0.15) is 5.82 Å². The Balaban J connectivity index is 1.48. The second-order valence-electron chi connectivity index (χ2n) is 8.95. The van der Waals surface area contributed by atoms with Gasteiger partial charge in [-0.2, -0.15) is 19.6 Å². The normalized spacial score (nSPS) is 14.4. The van der Waals surface area contributed by atoms with Crippen molar-refractivity contribution < 1.29 is 5.11 Å². The van der Waals surface area contributed by atoms with E-state index < -0.39 is 5.60 Å². The predicted octanol–water partition coefficient (Wildman–Crippen LogP) is 4.00. The highest BCUT2D eigenvalue weighted by molar-refractivity contribution is 6.42. The molecule has 0 spiro atoms. The first-order valence-corrected chi connectivity index (χ1v) is 11.2. The number of anilines is 2. The van der Waals surface area contributed by atoms with E-state index in [2.05, 4.69) is 25.4 Å².